The van der Waals surface area contributed by atoms with Gasteiger partial charge >= 0.3 is 0 Å². The fraction of sp³-hybridized carbons (Fsp3) is 0.247. The highest BCUT2D eigenvalue weighted by atomic mass is 16.3. The number of aromatic hydroxyl groups is 1. The van der Waals surface area contributed by atoms with Gasteiger partial charge in [0.25, 0.3) is 0 Å². The number of benzene rings is 12. The summed E-state index contributed by atoms with van der Waals surface area (Å²) in [6.45, 7) is 15.9. The van der Waals surface area contributed by atoms with Gasteiger partial charge in [0.15, 0.2) is 5.58 Å². The van der Waals surface area contributed by atoms with Crippen LogP contribution in [0, 0.1) is 6.92 Å². The molecule has 4 heteroatoms. The van der Waals surface area contributed by atoms with E-state index < -0.39 is 0 Å². The molecule has 0 saturated heterocycles. The lowest BCUT2D eigenvalue weighted by Crippen LogP contribution is -2.16. The van der Waals surface area contributed by atoms with Crippen molar-refractivity contribution in [2.75, 3.05) is 9.80 Å². The predicted octanol–water partition coefficient (Wildman–Crippen LogP) is 25.1. The molecule has 1 heterocycles. The Labute approximate surface area is 525 Å². The molecule has 0 spiro atoms. The first-order chi connectivity index (χ1) is 43.3. The monoisotopic (exact) mass is 1160 g/mol. The largest absolute Gasteiger partial charge is 0.505 e. The molecule has 0 amide bonds. The molecule has 1 N–H and O–H groups in total. The average Bonchev–Trinajstić information content (AvgIpc) is 0.875. The van der Waals surface area contributed by atoms with Crippen LogP contribution in [0.15, 0.2) is 223 Å². The maximum atomic E-state index is 13.3. The Morgan fingerprint density at radius 1 is 0.360 bits per heavy atom. The average molecular weight is 1160 g/mol. The van der Waals surface area contributed by atoms with E-state index in [1.54, 1.807) is 0 Å². The molecule has 2 aliphatic rings. The zero-order chi connectivity index (χ0) is 60.7. The van der Waals surface area contributed by atoms with Gasteiger partial charge in [-0.2, -0.15) is 0 Å². The Morgan fingerprint density at radius 2 is 0.798 bits per heavy atom. The van der Waals surface area contributed by atoms with Gasteiger partial charge in [-0.1, -0.05) is 244 Å². The van der Waals surface area contributed by atoms with Crippen molar-refractivity contribution in [3.63, 3.8) is 0 Å². The Hall–Kier alpha value is -9.12. The molecule has 2 fully saturated rings. The van der Waals surface area contributed by atoms with Crippen LogP contribution in [0.2, 0.25) is 0 Å². The highest BCUT2D eigenvalue weighted by molar-refractivity contribution is 6.30. The van der Waals surface area contributed by atoms with Crippen molar-refractivity contribution in [2.45, 2.75) is 135 Å². The molecular weight excluding hydrogens is 1080 g/mol. The number of para-hydroxylation sites is 3. The molecule has 12 aromatic carbocycles. The lowest BCUT2D eigenvalue weighted by Gasteiger charge is -2.34. The van der Waals surface area contributed by atoms with Crippen molar-refractivity contribution >= 4 is 88.4 Å². The zero-order valence-electron chi connectivity index (χ0n) is 52.8. The second-order valence-electron chi connectivity index (χ2n) is 27.8. The molecule has 1 aromatic heterocycles. The van der Waals surface area contributed by atoms with Gasteiger partial charge in [-0.3, -0.25) is 0 Å². The SMILES string of the molecule is Cc1ccccc1-c1cccc(-c2cccc(N(c3ccc(C(C)(C)C)cc3)c3cc(C4CCCCC4)c4ccc5c(N(c6ccc(C(C)(C)C)cc6)c6cccc7c6oc6c(-c8ccccc8)cccc67)cc(C6CCCCC6)c6ccc3c4c65)c2O)c1. The third-order valence-electron chi connectivity index (χ3n) is 20.2. The number of furan rings is 1. The summed E-state index contributed by atoms with van der Waals surface area (Å²) in [6.07, 6.45) is 12.0. The molecule has 442 valence electrons. The van der Waals surface area contributed by atoms with Crippen LogP contribution in [0.1, 0.15) is 145 Å². The van der Waals surface area contributed by atoms with E-state index in [9.17, 15) is 5.11 Å². The summed E-state index contributed by atoms with van der Waals surface area (Å²) in [5.74, 6) is 1.03. The number of fused-ring (bicyclic) bond motifs is 3. The molecule has 89 heavy (non-hydrogen) atoms. The van der Waals surface area contributed by atoms with E-state index >= 15 is 0 Å². The number of hydrogen-bond donors (Lipinski definition) is 1. The van der Waals surface area contributed by atoms with Crippen LogP contribution in [0.4, 0.5) is 34.1 Å². The Kier molecular flexibility index (Phi) is 14.2. The van der Waals surface area contributed by atoms with Crippen LogP contribution in [-0.4, -0.2) is 5.11 Å². The molecule has 0 aliphatic heterocycles. The molecule has 2 aliphatic carbocycles. The fourth-order valence-electron chi connectivity index (χ4n) is 15.4. The van der Waals surface area contributed by atoms with Crippen LogP contribution in [0.25, 0.3) is 87.6 Å². The standard InChI is InChI=1S/C85H80N2O2/c1-54-23-17-18-32-64(54)58-30-19-31-59(51-58)65-33-21-37-75(81(65)88)86(62-43-39-60(40-44-62)84(2,3)4)77-52-73(56-26-13-9-14-27-56)67-48-50-72-78(53-74(57-28-15-10-16-29-57)68-47-49-71(77)79(67)80(68)72)87(63-45-41-61(42-46-63)85(5,6)7)76-38-22-36-70-69-35-20-34-66(82(69)89-83(70)76)55-24-11-8-12-25-55/h8,11-12,17-25,30-53,56-57,88H,9-10,13-16,26-29H2,1-7H3. The number of aryl methyl sites for hydroxylation is 1. The van der Waals surface area contributed by atoms with E-state index in [1.165, 1.54) is 104 Å². The fourth-order valence-corrected chi connectivity index (χ4v) is 15.4. The maximum Gasteiger partial charge on any atom is 0.159 e. The second kappa shape index (κ2) is 22.5. The van der Waals surface area contributed by atoms with Crippen LogP contribution >= 0.6 is 0 Å². The molecule has 0 unspecified atom stereocenters. The van der Waals surface area contributed by atoms with Gasteiger partial charge in [0.2, 0.25) is 0 Å². The van der Waals surface area contributed by atoms with Gasteiger partial charge in [-0.25, -0.2) is 0 Å². The van der Waals surface area contributed by atoms with E-state index in [4.69, 9.17) is 4.42 Å². The molecule has 2 saturated carbocycles. The van der Waals surface area contributed by atoms with Crippen molar-refractivity contribution < 1.29 is 9.52 Å². The summed E-state index contributed by atoms with van der Waals surface area (Å²) in [5.41, 5.74) is 20.7. The first kappa shape index (κ1) is 56.4. The summed E-state index contributed by atoms with van der Waals surface area (Å²) >= 11 is 0. The van der Waals surface area contributed by atoms with E-state index in [1.807, 2.05) is 0 Å². The van der Waals surface area contributed by atoms with E-state index in [0.717, 1.165) is 110 Å². The van der Waals surface area contributed by atoms with Crippen molar-refractivity contribution in [3.05, 3.63) is 246 Å². The van der Waals surface area contributed by atoms with Crippen LogP contribution in [-0.2, 0) is 10.8 Å². The van der Waals surface area contributed by atoms with Gasteiger partial charge in [-0.05, 0) is 181 Å². The van der Waals surface area contributed by atoms with Crippen molar-refractivity contribution in [2.24, 2.45) is 0 Å². The first-order valence-corrected chi connectivity index (χ1v) is 32.8. The number of hydrogen-bond acceptors (Lipinski definition) is 4. The minimum atomic E-state index is -0.0496. The lowest BCUT2D eigenvalue weighted by atomic mass is 9.77. The Bertz CT molecular complexity index is 4770. The van der Waals surface area contributed by atoms with Crippen LogP contribution in [0.5, 0.6) is 5.75 Å². The van der Waals surface area contributed by atoms with E-state index in [0.29, 0.717) is 11.8 Å². The molecule has 15 rings (SSSR count). The van der Waals surface area contributed by atoms with Crippen LogP contribution < -0.4 is 9.80 Å². The normalized spacial score (nSPS) is 14.6. The van der Waals surface area contributed by atoms with E-state index in [2.05, 4.69) is 277 Å². The molecular formula is C85H80N2O2. The van der Waals surface area contributed by atoms with Gasteiger partial charge in [-0.15, -0.1) is 0 Å². The van der Waals surface area contributed by atoms with Crippen molar-refractivity contribution in [1.82, 2.24) is 0 Å². The molecule has 4 nitrogen and oxygen atoms in total. The second-order valence-corrected chi connectivity index (χ2v) is 27.8. The van der Waals surface area contributed by atoms with E-state index in [-0.39, 0.29) is 16.6 Å². The lowest BCUT2D eigenvalue weighted by molar-refractivity contribution is 0.445. The third-order valence-corrected chi connectivity index (χ3v) is 20.2. The smallest absolute Gasteiger partial charge is 0.159 e. The minimum absolute atomic E-state index is 0.0297. The first-order valence-electron chi connectivity index (χ1n) is 32.8. The summed E-state index contributed by atoms with van der Waals surface area (Å²) in [5, 5.41) is 23.2. The topological polar surface area (TPSA) is 39.9 Å². The summed E-state index contributed by atoms with van der Waals surface area (Å²) < 4.78 is 7.39. The van der Waals surface area contributed by atoms with Gasteiger partial charge in [0.1, 0.15) is 11.3 Å². The van der Waals surface area contributed by atoms with Crippen LogP contribution in [0.3, 0.4) is 0 Å². The number of anilines is 6. The van der Waals surface area contributed by atoms with Gasteiger partial charge in [0.05, 0.1) is 22.7 Å². The molecule has 13 aromatic rings. The minimum Gasteiger partial charge on any atom is -0.505 e. The third kappa shape index (κ3) is 10.0. The van der Waals surface area contributed by atoms with Crippen molar-refractivity contribution in [1.29, 1.82) is 0 Å². The number of phenols is 1. The molecule has 0 atom stereocenters. The van der Waals surface area contributed by atoms with Gasteiger partial charge < -0.3 is 19.3 Å². The van der Waals surface area contributed by atoms with Gasteiger partial charge in [0, 0.05) is 44.0 Å². The summed E-state index contributed by atoms with van der Waals surface area (Å²) in [6, 6.07) is 81.2. The van der Waals surface area contributed by atoms with Crippen molar-refractivity contribution in [3.8, 4) is 39.1 Å². The highest BCUT2D eigenvalue weighted by Crippen LogP contribution is 2.56. The molecule has 0 bridgehead atoms. The Morgan fingerprint density at radius 3 is 1.36 bits per heavy atom. The Balaban J connectivity index is 1.03. The maximum absolute atomic E-state index is 13.3. The number of rotatable bonds is 11. The predicted molar refractivity (Wildman–Crippen MR) is 379 cm³/mol. The summed E-state index contributed by atoms with van der Waals surface area (Å²) in [7, 11) is 0. The number of phenolic OH excluding ortho intramolecular Hbond substituents is 1. The highest BCUT2D eigenvalue weighted by Gasteiger charge is 2.32. The quantitative estimate of drug-likeness (QED) is 0.131. The zero-order valence-corrected chi connectivity index (χ0v) is 52.8. The summed E-state index contributed by atoms with van der Waals surface area (Å²) in [4.78, 5) is 4.94. The number of nitrogens with zero attached hydrogens (tertiary/aromatic N) is 2. The molecule has 0 radical (unpaired) electrons.